The van der Waals surface area contributed by atoms with Gasteiger partial charge in [0.25, 0.3) is 0 Å². The molecule has 0 aliphatic rings. The predicted octanol–water partition coefficient (Wildman–Crippen LogP) is 22.0. The minimum Gasteiger partial charge on any atom is -0.310 e. The number of hydrogen-bond acceptors (Lipinski definition) is 2. The van der Waals surface area contributed by atoms with E-state index in [4.69, 9.17) is 0 Å². The summed E-state index contributed by atoms with van der Waals surface area (Å²) in [6, 6.07) is 96.3. The summed E-state index contributed by atoms with van der Waals surface area (Å²) >= 11 is 0. The predicted molar refractivity (Wildman–Crippen MR) is 355 cm³/mol. The first-order valence-electron chi connectivity index (χ1n) is 28.4. The zero-order chi connectivity index (χ0) is 56.4. The van der Waals surface area contributed by atoms with E-state index >= 15 is 0 Å². The van der Waals surface area contributed by atoms with E-state index in [0.29, 0.717) is 0 Å². The van der Waals surface area contributed by atoms with Crippen molar-refractivity contribution >= 4 is 81.7 Å². The monoisotopic (exact) mass is 1060 g/mol. The van der Waals surface area contributed by atoms with Gasteiger partial charge >= 0.3 is 0 Å². The molecule has 0 aliphatic carbocycles. The van der Waals surface area contributed by atoms with Gasteiger partial charge in [0.2, 0.25) is 0 Å². The summed E-state index contributed by atoms with van der Waals surface area (Å²) in [6.45, 7) is 13.2. The van der Waals surface area contributed by atoms with Gasteiger partial charge in [-0.25, -0.2) is 0 Å². The molecule has 0 N–H and O–H groups in total. The van der Waals surface area contributed by atoms with Crippen molar-refractivity contribution in [3.63, 3.8) is 0 Å². The fourth-order valence-corrected chi connectivity index (χ4v) is 11.0. The maximum atomic E-state index is 2.40. The highest BCUT2D eigenvalue weighted by molar-refractivity contribution is 5.94. The van der Waals surface area contributed by atoms with Gasteiger partial charge in [0.15, 0.2) is 0 Å². The van der Waals surface area contributed by atoms with Crippen LogP contribution in [0.25, 0.3) is 47.6 Å². The second-order valence-electron chi connectivity index (χ2n) is 21.4. The molecule has 11 rings (SSSR count). The number of rotatable bonds is 16. The van der Waals surface area contributed by atoms with Gasteiger partial charge in [0, 0.05) is 34.1 Å². The largest absolute Gasteiger partial charge is 0.310 e. The molecule has 0 saturated carbocycles. The summed E-state index contributed by atoms with van der Waals surface area (Å²) in [5.74, 6) is 0. The van der Waals surface area contributed by atoms with Gasteiger partial charge in [0.1, 0.15) is 0 Å². The third kappa shape index (κ3) is 12.7. The highest BCUT2D eigenvalue weighted by atomic mass is 15.2. The minimum atomic E-state index is 1.11. The molecule has 0 radical (unpaired) electrons. The zero-order valence-electron chi connectivity index (χ0n) is 47.8. The van der Waals surface area contributed by atoms with Crippen LogP contribution in [0, 0.1) is 41.5 Å². The zero-order valence-corrected chi connectivity index (χ0v) is 47.8. The molecule has 2 nitrogen and oxygen atoms in total. The highest BCUT2D eigenvalue weighted by Crippen LogP contribution is 2.42. The summed E-state index contributed by atoms with van der Waals surface area (Å²) < 4.78 is 0. The van der Waals surface area contributed by atoms with Crippen LogP contribution in [0.1, 0.15) is 89.0 Å². The van der Waals surface area contributed by atoms with Crippen molar-refractivity contribution in [3.8, 4) is 0 Å². The van der Waals surface area contributed by atoms with Crippen LogP contribution in [0.15, 0.2) is 267 Å². The van der Waals surface area contributed by atoms with Crippen LogP contribution in [0.2, 0.25) is 0 Å². The van der Waals surface area contributed by atoms with Crippen molar-refractivity contribution in [2.24, 2.45) is 0 Å². The second-order valence-corrected chi connectivity index (χ2v) is 21.4. The van der Waals surface area contributed by atoms with Crippen LogP contribution in [0.5, 0.6) is 0 Å². The molecule has 0 aromatic heterocycles. The fourth-order valence-electron chi connectivity index (χ4n) is 11.0. The first-order chi connectivity index (χ1) is 40.1. The molecule has 0 bridgehead atoms. The molecule has 0 spiro atoms. The van der Waals surface area contributed by atoms with E-state index < -0.39 is 0 Å². The van der Waals surface area contributed by atoms with Crippen LogP contribution >= 0.6 is 0 Å². The molecule has 82 heavy (non-hydrogen) atoms. The molecular formula is C80H68N2. The lowest BCUT2D eigenvalue weighted by Crippen LogP contribution is -2.13. The number of anilines is 6. The summed E-state index contributed by atoms with van der Waals surface area (Å²) in [6.07, 6.45) is 13.4. The third-order valence-corrected chi connectivity index (χ3v) is 15.2. The Morgan fingerprint density at radius 1 is 0.244 bits per heavy atom. The summed E-state index contributed by atoms with van der Waals surface area (Å²) in [4.78, 5) is 4.80. The third-order valence-electron chi connectivity index (χ3n) is 15.2. The van der Waals surface area contributed by atoms with Gasteiger partial charge in [0.05, 0.1) is 0 Å². The molecule has 11 aromatic rings. The quantitative estimate of drug-likeness (QED) is 0.0890. The Balaban J connectivity index is 0.796. The van der Waals surface area contributed by atoms with Gasteiger partial charge < -0.3 is 9.80 Å². The fraction of sp³-hybridized carbons (Fsp3) is 0.0750. The normalized spacial score (nSPS) is 11.2. The van der Waals surface area contributed by atoms with E-state index in [9.17, 15) is 0 Å². The summed E-state index contributed by atoms with van der Waals surface area (Å²) in [5.41, 5.74) is 28.3. The minimum absolute atomic E-state index is 1.11. The highest BCUT2D eigenvalue weighted by Gasteiger charge is 2.20. The number of benzene rings is 11. The molecule has 11 aromatic carbocycles. The van der Waals surface area contributed by atoms with Gasteiger partial charge in [-0.2, -0.15) is 0 Å². The Labute approximate surface area is 486 Å². The number of nitrogens with zero attached hydrogens (tertiary/aromatic N) is 2. The lowest BCUT2D eigenvalue weighted by molar-refractivity contribution is 1.21. The average molecular weight is 1060 g/mol. The SMILES string of the molecule is Cc1ccc(N(c2ccc(/C=C/c3ccc(/C=C/c4ccc(N(c5ccc(C)cc5C)c5ccc(C=C(c6ccccc6)c6ccccc6)cc5C)cc4)cc3)cc2)c2ccc(C=C(c3ccccc3)c3ccccc3)cc2C)c(C)c1. The Kier molecular flexibility index (Phi) is 16.4. The molecule has 0 amide bonds. The van der Waals surface area contributed by atoms with Gasteiger partial charge in [-0.1, -0.05) is 242 Å². The average Bonchev–Trinajstić information content (AvgIpc) is 3.62. The molecule has 0 unspecified atom stereocenters. The van der Waals surface area contributed by atoms with E-state index in [1.165, 1.54) is 78.2 Å². The number of hydrogen-bond donors (Lipinski definition) is 0. The molecule has 0 fully saturated rings. The van der Waals surface area contributed by atoms with E-state index in [2.05, 4.69) is 355 Å². The molecular weight excluding hydrogens is 989 g/mol. The molecule has 0 heterocycles. The van der Waals surface area contributed by atoms with Crippen LogP contribution in [0.3, 0.4) is 0 Å². The van der Waals surface area contributed by atoms with Gasteiger partial charge in [-0.15, -0.1) is 0 Å². The Morgan fingerprint density at radius 2 is 0.488 bits per heavy atom. The van der Waals surface area contributed by atoms with Crippen molar-refractivity contribution < 1.29 is 0 Å². The molecule has 398 valence electrons. The molecule has 0 aliphatic heterocycles. The molecule has 0 atom stereocenters. The lowest BCUT2D eigenvalue weighted by atomic mass is 9.95. The standard InChI is InChI=1S/C80H68N2/c1-57-27-47-77(59(3)51-57)81(79-49-41-67(53-61(79)5)55-75(69-19-11-7-12-20-69)70-21-13-8-14-22-70)73-43-37-65(38-44-73)35-33-63-29-31-64(32-30-63)34-36-66-39-45-74(46-40-66)82(78-48-28-58(2)52-60(78)4)80-50-42-68(54-62(80)6)56-76(71-23-15-9-16-24-71)72-25-17-10-18-26-72/h7-56H,1-6H3/b35-33+,36-34+. The van der Waals surface area contributed by atoms with E-state index in [1.54, 1.807) is 0 Å². The maximum Gasteiger partial charge on any atom is 0.0491 e. The van der Waals surface area contributed by atoms with E-state index in [0.717, 1.165) is 56.1 Å². The topological polar surface area (TPSA) is 6.48 Å². The Bertz CT molecular complexity index is 3740. The summed E-state index contributed by atoms with van der Waals surface area (Å²) in [5, 5.41) is 0. The van der Waals surface area contributed by atoms with Crippen LogP contribution in [0.4, 0.5) is 34.1 Å². The number of aryl methyl sites for hydroxylation is 6. The Hall–Kier alpha value is -10.0. The van der Waals surface area contributed by atoms with Crippen LogP contribution < -0.4 is 9.80 Å². The van der Waals surface area contributed by atoms with E-state index in [1.807, 2.05) is 0 Å². The summed E-state index contributed by atoms with van der Waals surface area (Å²) in [7, 11) is 0. The van der Waals surface area contributed by atoms with Crippen molar-refractivity contribution in [2.45, 2.75) is 41.5 Å². The van der Waals surface area contributed by atoms with Crippen LogP contribution in [-0.4, -0.2) is 0 Å². The van der Waals surface area contributed by atoms with Crippen molar-refractivity contribution in [2.75, 3.05) is 9.80 Å². The first-order valence-corrected chi connectivity index (χ1v) is 28.4. The van der Waals surface area contributed by atoms with Crippen molar-refractivity contribution in [1.82, 2.24) is 0 Å². The van der Waals surface area contributed by atoms with E-state index in [-0.39, 0.29) is 0 Å². The molecule has 0 saturated heterocycles. The smallest absolute Gasteiger partial charge is 0.0491 e. The Morgan fingerprint density at radius 3 is 0.756 bits per heavy atom. The first kappa shape index (κ1) is 54.0. The van der Waals surface area contributed by atoms with Gasteiger partial charge in [-0.05, 0) is 203 Å². The van der Waals surface area contributed by atoms with Crippen molar-refractivity contribution in [3.05, 3.63) is 356 Å². The molecule has 2 heteroatoms. The van der Waals surface area contributed by atoms with Gasteiger partial charge in [-0.3, -0.25) is 0 Å². The van der Waals surface area contributed by atoms with Crippen LogP contribution in [-0.2, 0) is 0 Å². The lowest BCUT2D eigenvalue weighted by Gasteiger charge is -2.29. The maximum absolute atomic E-state index is 2.40. The second kappa shape index (κ2) is 25.0. The van der Waals surface area contributed by atoms with Crippen molar-refractivity contribution in [1.29, 1.82) is 0 Å².